The van der Waals surface area contributed by atoms with Crippen molar-refractivity contribution in [1.29, 1.82) is 0 Å². The first-order valence-electron chi connectivity index (χ1n) is 10.7. The van der Waals surface area contributed by atoms with E-state index >= 15 is 0 Å². The predicted octanol–water partition coefficient (Wildman–Crippen LogP) is 2.98. The van der Waals surface area contributed by atoms with Gasteiger partial charge in [-0.3, -0.25) is 4.79 Å². The van der Waals surface area contributed by atoms with Crippen LogP contribution in [0.1, 0.15) is 30.6 Å². The van der Waals surface area contributed by atoms with Crippen LogP contribution in [0.15, 0.2) is 36.5 Å². The Hall–Kier alpha value is -3.49. The molecule has 0 spiro atoms. The molecule has 0 aliphatic carbocycles. The van der Waals surface area contributed by atoms with Crippen LogP contribution in [-0.4, -0.2) is 68.3 Å². The summed E-state index contributed by atoms with van der Waals surface area (Å²) in [6.45, 7) is 6.53. The minimum absolute atomic E-state index is 0.0310. The molecular formula is C23H31N5O4. The number of carbonyl (C=O) groups is 2. The Labute approximate surface area is 188 Å². The van der Waals surface area contributed by atoms with Crippen LogP contribution in [0.3, 0.4) is 0 Å². The number of carbonyl (C=O) groups excluding carboxylic acids is 2. The normalized spacial score (nSPS) is 14.0. The molecule has 1 aliphatic heterocycles. The Kier molecular flexibility index (Phi) is 7.75. The molecule has 1 saturated heterocycles. The summed E-state index contributed by atoms with van der Waals surface area (Å²) in [7, 11) is 3.13. The Morgan fingerprint density at radius 3 is 2.44 bits per heavy atom. The second kappa shape index (κ2) is 10.7. The predicted molar refractivity (Wildman–Crippen MR) is 124 cm³/mol. The lowest BCUT2D eigenvalue weighted by Crippen LogP contribution is -2.35. The average molecular weight is 442 g/mol. The summed E-state index contributed by atoms with van der Waals surface area (Å²) < 4.78 is 10.6. The molecule has 172 valence electrons. The number of aromatic nitrogens is 1. The van der Waals surface area contributed by atoms with E-state index in [2.05, 4.69) is 20.5 Å². The molecule has 2 aromatic rings. The van der Waals surface area contributed by atoms with Crippen LogP contribution in [0.2, 0.25) is 0 Å². The molecule has 3 rings (SSSR count). The zero-order valence-electron chi connectivity index (χ0n) is 19.1. The first-order valence-corrected chi connectivity index (χ1v) is 10.7. The van der Waals surface area contributed by atoms with Gasteiger partial charge < -0.3 is 29.9 Å². The largest absolute Gasteiger partial charge is 0.493 e. The van der Waals surface area contributed by atoms with E-state index in [1.165, 1.54) is 0 Å². The molecule has 1 fully saturated rings. The van der Waals surface area contributed by atoms with Crippen molar-refractivity contribution >= 4 is 23.4 Å². The van der Waals surface area contributed by atoms with Gasteiger partial charge in [-0.1, -0.05) is 0 Å². The van der Waals surface area contributed by atoms with Gasteiger partial charge in [0.15, 0.2) is 11.5 Å². The summed E-state index contributed by atoms with van der Waals surface area (Å²) in [4.78, 5) is 33.4. The zero-order valence-corrected chi connectivity index (χ0v) is 19.1. The van der Waals surface area contributed by atoms with Gasteiger partial charge in [-0.05, 0) is 50.6 Å². The number of hydrogen-bond donors (Lipinski definition) is 2. The quantitative estimate of drug-likeness (QED) is 0.716. The van der Waals surface area contributed by atoms with Gasteiger partial charge in [0.05, 0.1) is 26.1 Å². The molecule has 1 aliphatic rings. The van der Waals surface area contributed by atoms with Crippen molar-refractivity contribution in [2.24, 2.45) is 0 Å². The molecule has 0 unspecified atom stereocenters. The first kappa shape index (κ1) is 23.2. The molecule has 1 aromatic heterocycles. The minimum Gasteiger partial charge on any atom is -0.493 e. The number of rotatable bonds is 6. The number of ether oxygens (including phenoxy) is 2. The topological polar surface area (TPSA) is 96.0 Å². The van der Waals surface area contributed by atoms with Crippen molar-refractivity contribution in [3.63, 3.8) is 0 Å². The second-order valence-electron chi connectivity index (χ2n) is 7.86. The van der Waals surface area contributed by atoms with Gasteiger partial charge >= 0.3 is 6.03 Å². The van der Waals surface area contributed by atoms with Gasteiger partial charge in [0.1, 0.15) is 5.82 Å². The highest BCUT2D eigenvalue weighted by Gasteiger charge is 2.22. The fourth-order valence-electron chi connectivity index (χ4n) is 3.58. The van der Waals surface area contributed by atoms with Crippen LogP contribution in [-0.2, 0) is 0 Å². The van der Waals surface area contributed by atoms with Gasteiger partial charge in [-0.25, -0.2) is 9.78 Å². The summed E-state index contributed by atoms with van der Waals surface area (Å²) in [5.41, 5.74) is 1.20. The van der Waals surface area contributed by atoms with Gasteiger partial charge in [0.2, 0.25) is 0 Å². The molecule has 9 heteroatoms. The van der Waals surface area contributed by atoms with Gasteiger partial charge in [0.25, 0.3) is 5.91 Å². The van der Waals surface area contributed by atoms with Crippen LogP contribution in [0.5, 0.6) is 11.5 Å². The smallest absolute Gasteiger partial charge is 0.319 e. The van der Waals surface area contributed by atoms with Crippen molar-refractivity contribution < 1.29 is 19.1 Å². The van der Waals surface area contributed by atoms with E-state index in [9.17, 15) is 9.59 Å². The molecule has 0 atom stereocenters. The molecule has 2 N–H and O–H groups in total. The lowest BCUT2D eigenvalue weighted by Gasteiger charge is -2.23. The van der Waals surface area contributed by atoms with Crippen molar-refractivity contribution in [3.05, 3.63) is 42.1 Å². The summed E-state index contributed by atoms with van der Waals surface area (Å²) in [6, 6.07) is 8.74. The molecule has 3 amide bonds. The van der Waals surface area contributed by atoms with Gasteiger partial charge in [0, 0.05) is 37.8 Å². The standard InChI is InChI=1S/C23H31N5O4/c1-16(2)25-23(30)26-18-7-9-21(24-15-18)27-10-5-11-28(13-12-27)22(29)17-6-8-19(31-3)20(14-17)32-4/h6-9,14-16H,5,10-13H2,1-4H3,(H2,25,26,30). The summed E-state index contributed by atoms with van der Waals surface area (Å²) >= 11 is 0. The van der Waals surface area contributed by atoms with Crippen molar-refractivity contribution in [3.8, 4) is 11.5 Å². The fraction of sp³-hybridized carbons (Fsp3) is 0.435. The molecule has 1 aromatic carbocycles. The fourth-order valence-corrected chi connectivity index (χ4v) is 3.58. The van der Waals surface area contributed by atoms with E-state index in [1.54, 1.807) is 38.6 Å². The Morgan fingerprint density at radius 2 is 1.78 bits per heavy atom. The number of nitrogens with zero attached hydrogens (tertiary/aromatic N) is 3. The summed E-state index contributed by atoms with van der Waals surface area (Å²) in [6.07, 6.45) is 2.48. The maximum absolute atomic E-state index is 13.0. The number of urea groups is 1. The van der Waals surface area contributed by atoms with Crippen molar-refractivity contribution in [1.82, 2.24) is 15.2 Å². The SMILES string of the molecule is COc1ccc(C(=O)N2CCCN(c3ccc(NC(=O)NC(C)C)cn3)CC2)cc1OC. The Morgan fingerprint density at radius 1 is 1.00 bits per heavy atom. The summed E-state index contributed by atoms with van der Waals surface area (Å²) in [5.74, 6) is 1.92. The van der Waals surface area contributed by atoms with E-state index in [4.69, 9.17) is 9.47 Å². The maximum Gasteiger partial charge on any atom is 0.319 e. The first-order chi connectivity index (χ1) is 15.4. The summed E-state index contributed by atoms with van der Waals surface area (Å²) in [5, 5.41) is 5.55. The number of nitrogens with one attached hydrogen (secondary N) is 2. The minimum atomic E-state index is -0.256. The van der Waals surface area contributed by atoms with Crippen molar-refractivity contribution in [2.75, 3.05) is 50.6 Å². The van der Waals surface area contributed by atoms with E-state index in [0.29, 0.717) is 42.4 Å². The average Bonchev–Trinajstić information content (AvgIpc) is 3.04. The van der Waals surface area contributed by atoms with Crippen LogP contribution in [0.4, 0.5) is 16.3 Å². The van der Waals surface area contributed by atoms with E-state index in [1.807, 2.05) is 30.9 Å². The van der Waals surface area contributed by atoms with Crippen molar-refractivity contribution in [2.45, 2.75) is 26.3 Å². The van der Waals surface area contributed by atoms with Crippen LogP contribution >= 0.6 is 0 Å². The molecule has 0 saturated carbocycles. The number of hydrogen-bond acceptors (Lipinski definition) is 6. The lowest BCUT2D eigenvalue weighted by atomic mass is 10.1. The lowest BCUT2D eigenvalue weighted by molar-refractivity contribution is 0.0766. The molecule has 32 heavy (non-hydrogen) atoms. The third kappa shape index (κ3) is 5.81. The maximum atomic E-state index is 13.0. The highest BCUT2D eigenvalue weighted by Crippen LogP contribution is 2.28. The van der Waals surface area contributed by atoms with E-state index < -0.39 is 0 Å². The van der Waals surface area contributed by atoms with E-state index in [0.717, 1.165) is 18.8 Å². The molecule has 0 bridgehead atoms. The second-order valence-corrected chi connectivity index (χ2v) is 7.86. The van der Waals surface area contributed by atoms with Gasteiger partial charge in [-0.2, -0.15) is 0 Å². The number of anilines is 2. The van der Waals surface area contributed by atoms with Crippen LogP contribution in [0, 0.1) is 0 Å². The number of methoxy groups -OCH3 is 2. The van der Waals surface area contributed by atoms with E-state index in [-0.39, 0.29) is 18.0 Å². The monoisotopic (exact) mass is 441 g/mol. The molecular weight excluding hydrogens is 410 g/mol. The number of pyridine rings is 1. The highest BCUT2D eigenvalue weighted by molar-refractivity contribution is 5.95. The molecule has 2 heterocycles. The Balaban J connectivity index is 1.61. The van der Waals surface area contributed by atoms with Crippen LogP contribution in [0.25, 0.3) is 0 Å². The van der Waals surface area contributed by atoms with Gasteiger partial charge in [-0.15, -0.1) is 0 Å². The number of benzene rings is 1. The number of amides is 3. The molecule has 0 radical (unpaired) electrons. The third-order valence-corrected chi connectivity index (χ3v) is 5.16. The Bertz CT molecular complexity index is 932. The zero-order chi connectivity index (χ0) is 23.1. The third-order valence-electron chi connectivity index (χ3n) is 5.16. The van der Waals surface area contributed by atoms with Crippen LogP contribution < -0.4 is 25.0 Å². The highest BCUT2D eigenvalue weighted by atomic mass is 16.5. The molecule has 9 nitrogen and oxygen atoms in total.